The van der Waals surface area contributed by atoms with Crippen LogP contribution < -0.4 is 9.47 Å². The predicted octanol–water partition coefficient (Wildman–Crippen LogP) is 3.88. The van der Waals surface area contributed by atoms with E-state index >= 15 is 0 Å². The lowest BCUT2D eigenvalue weighted by atomic mass is 9.86. The summed E-state index contributed by atoms with van der Waals surface area (Å²) in [4.78, 5) is 0. The van der Waals surface area contributed by atoms with Crippen LogP contribution in [0.2, 0.25) is 0 Å². The van der Waals surface area contributed by atoms with Gasteiger partial charge in [0.2, 0.25) is 0 Å². The number of hydrogen-bond donors (Lipinski definition) is 2. The fourth-order valence-electron chi connectivity index (χ4n) is 4.62. The molecule has 30 heavy (non-hydrogen) atoms. The van der Waals surface area contributed by atoms with Crippen molar-refractivity contribution in [3.05, 3.63) is 58.1 Å². The third-order valence-corrected chi connectivity index (χ3v) is 6.18. The van der Waals surface area contributed by atoms with E-state index in [1.165, 1.54) is 22.3 Å². The van der Waals surface area contributed by atoms with E-state index in [4.69, 9.17) is 14.2 Å². The Bertz CT molecular complexity index is 861. The highest BCUT2D eigenvalue weighted by Gasteiger charge is 2.33. The molecule has 0 amide bonds. The molecule has 5 nitrogen and oxygen atoms in total. The van der Waals surface area contributed by atoms with Crippen molar-refractivity contribution in [3.63, 3.8) is 0 Å². The molecule has 2 aliphatic rings. The van der Waals surface area contributed by atoms with Gasteiger partial charge in [0.05, 0.1) is 38.1 Å². The lowest BCUT2D eigenvalue weighted by Crippen LogP contribution is -2.34. The maximum Gasteiger partial charge on any atom is 0.128 e. The van der Waals surface area contributed by atoms with Crippen molar-refractivity contribution in [2.75, 3.05) is 19.8 Å². The second-order valence-corrected chi connectivity index (χ2v) is 8.32. The number of rotatable bonds is 6. The van der Waals surface area contributed by atoms with Crippen LogP contribution in [-0.2, 0) is 17.6 Å². The van der Waals surface area contributed by atoms with Crippen LogP contribution in [0.15, 0.2) is 30.3 Å². The third-order valence-electron chi connectivity index (χ3n) is 6.18. The molecule has 2 heterocycles. The molecule has 0 aliphatic carbocycles. The molecule has 0 bridgehead atoms. The molecule has 5 heteroatoms. The fourth-order valence-corrected chi connectivity index (χ4v) is 4.62. The minimum atomic E-state index is -0.476. The van der Waals surface area contributed by atoms with E-state index in [9.17, 15) is 10.2 Å². The number of aliphatic hydroxyl groups is 2. The molecule has 3 unspecified atom stereocenters. The van der Waals surface area contributed by atoms with E-state index < -0.39 is 6.10 Å². The molecule has 162 valence electrons. The lowest BCUT2D eigenvalue weighted by molar-refractivity contribution is -0.114. The maximum atomic E-state index is 10.3. The summed E-state index contributed by atoms with van der Waals surface area (Å²) in [6, 6.07) is 10.4. The van der Waals surface area contributed by atoms with E-state index in [1.54, 1.807) is 0 Å². The van der Waals surface area contributed by atoms with E-state index in [0.717, 1.165) is 36.3 Å². The monoisotopic (exact) mass is 412 g/mol. The molecular weight excluding hydrogens is 380 g/mol. The summed E-state index contributed by atoms with van der Waals surface area (Å²) >= 11 is 0. The Hall–Kier alpha value is -2.08. The average Bonchev–Trinajstić information content (AvgIpc) is 2.76. The van der Waals surface area contributed by atoms with Gasteiger partial charge >= 0.3 is 0 Å². The van der Waals surface area contributed by atoms with Gasteiger partial charge in [0.25, 0.3) is 0 Å². The minimum absolute atomic E-state index is 0.0818. The lowest BCUT2D eigenvalue weighted by Gasteiger charge is -2.35. The summed E-state index contributed by atoms with van der Waals surface area (Å²) in [5, 5.41) is 19.9. The second kappa shape index (κ2) is 9.38. The first-order valence-corrected chi connectivity index (χ1v) is 11.0. The smallest absolute Gasteiger partial charge is 0.128 e. The minimum Gasteiger partial charge on any atom is -0.494 e. The van der Waals surface area contributed by atoms with Crippen molar-refractivity contribution in [3.8, 4) is 11.5 Å². The zero-order valence-electron chi connectivity index (χ0n) is 17.9. The van der Waals surface area contributed by atoms with Gasteiger partial charge < -0.3 is 24.4 Å². The van der Waals surface area contributed by atoms with Gasteiger partial charge in [-0.1, -0.05) is 12.1 Å². The highest BCUT2D eigenvalue weighted by molar-refractivity contribution is 5.53. The second-order valence-electron chi connectivity index (χ2n) is 8.32. The summed E-state index contributed by atoms with van der Waals surface area (Å²) in [7, 11) is 0. The largest absolute Gasteiger partial charge is 0.494 e. The molecular formula is C25H32O5. The Morgan fingerprint density at radius 3 is 2.70 bits per heavy atom. The number of ether oxygens (including phenoxy) is 3. The summed E-state index contributed by atoms with van der Waals surface area (Å²) in [6.07, 6.45) is 2.73. The molecule has 4 rings (SSSR count). The first kappa shape index (κ1) is 21.2. The Labute approximate surface area is 178 Å². The van der Waals surface area contributed by atoms with E-state index in [2.05, 4.69) is 25.1 Å². The van der Waals surface area contributed by atoms with Crippen LogP contribution in [0.3, 0.4) is 0 Å². The van der Waals surface area contributed by atoms with Crippen LogP contribution in [-0.4, -0.2) is 42.2 Å². The van der Waals surface area contributed by atoms with Gasteiger partial charge in [-0.05, 0) is 73.6 Å². The Morgan fingerprint density at radius 1 is 1.17 bits per heavy atom. The average molecular weight is 413 g/mol. The van der Waals surface area contributed by atoms with Gasteiger partial charge in [-0.3, -0.25) is 0 Å². The summed E-state index contributed by atoms with van der Waals surface area (Å²) in [5.41, 5.74) is 6.01. The zero-order chi connectivity index (χ0) is 21.1. The van der Waals surface area contributed by atoms with Crippen LogP contribution >= 0.6 is 0 Å². The normalized spacial score (nSPS) is 23.5. The predicted molar refractivity (Wildman–Crippen MR) is 115 cm³/mol. The van der Waals surface area contributed by atoms with E-state index in [-0.39, 0.29) is 18.8 Å². The molecule has 3 atom stereocenters. The van der Waals surface area contributed by atoms with Crippen LogP contribution in [0, 0.1) is 6.92 Å². The highest BCUT2D eigenvalue weighted by Crippen LogP contribution is 2.42. The summed E-state index contributed by atoms with van der Waals surface area (Å²) in [6.45, 7) is 5.44. The first-order chi connectivity index (χ1) is 14.6. The standard InChI is InChI=1S/C25H32O5/c1-3-28-20-8-6-17(7-9-20)11-18-12-23(24-14-19(27)13-21(15-26)30-24)25-22(16(18)2)5-4-10-29-25/h6-9,12,19,21,24,26-27H,3-5,10-11,13-15H2,1-2H3. The molecule has 1 saturated heterocycles. The molecule has 0 saturated carbocycles. The third kappa shape index (κ3) is 4.48. The van der Waals surface area contributed by atoms with E-state index in [0.29, 0.717) is 26.1 Å². The summed E-state index contributed by atoms with van der Waals surface area (Å²) < 4.78 is 17.8. The molecule has 2 aromatic carbocycles. The van der Waals surface area contributed by atoms with Crippen LogP contribution in [0.4, 0.5) is 0 Å². The van der Waals surface area contributed by atoms with Crippen molar-refractivity contribution in [1.82, 2.24) is 0 Å². The van der Waals surface area contributed by atoms with Crippen LogP contribution in [0.1, 0.15) is 60.1 Å². The number of fused-ring (bicyclic) bond motifs is 1. The zero-order valence-corrected chi connectivity index (χ0v) is 17.9. The van der Waals surface area contributed by atoms with Gasteiger partial charge in [0.1, 0.15) is 11.5 Å². The van der Waals surface area contributed by atoms with Gasteiger partial charge in [-0.15, -0.1) is 0 Å². The molecule has 0 radical (unpaired) electrons. The van der Waals surface area contributed by atoms with E-state index in [1.807, 2.05) is 19.1 Å². The summed E-state index contributed by atoms with van der Waals surface area (Å²) in [5.74, 6) is 1.81. The molecule has 2 N–H and O–H groups in total. The Kier molecular flexibility index (Phi) is 6.61. The molecule has 2 aliphatic heterocycles. The van der Waals surface area contributed by atoms with Crippen molar-refractivity contribution in [2.24, 2.45) is 0 Å². The molecule has 2 aromatic rings. The fraction of sp³-hybridized carbons (Fsp3) is 0.520. The topological polar surface area (TPSA) is 68.2 Å². The van der Waals surface area contributed by atoms with Crippen molar-refractivity contribution in [2.45, 2.75) is 64.3 Å². The highest BCUT2D eigenvalue weighted by atomic mass is 16.5. The van der Waals surface area contributed by atoms with Gasteiger partial charge in [-0.25, -0.2) is 0 Å². The Balaban J connectivity index is 1.68. The Morgan fingerprint density at radius 2 is 1.97 bits per heavy atom. The van der Waals surface area contributed by atoms with Crippen LogP contribution in [0.25, 0.3) is 0 Å². The molecule has 0 spiro atoms. The SMILES string of the molecule is CCOc1ccc(Cc2cc(C3CC(O)CC(CO)O3)c3c(c2C)CCCO3)cc1. The van der Waals surface area contributed by atoms with Gasteiger partial charge in [0, 0.05) is 18.4 Å². The van der Waals surface area contributed by atoms with Crippen LogP contribution in [0.5, 0.6) is 11.5 Å². The number of benzene rings is 2. The number of aliphatic hydroxyl groups excluding tert-OH is 2. The first-order valence-electron chi connectivity index (χ1n) is 11.0. The van der Waals surface area contributed by atoms with Gasteiger partial charge in [-0.2, -0.15) is 0 Å². The molecule has 1 fully saturated rings. The van der Waals surface area contributed by atoms with Crippen molar-refractivity contribution >= 4 is 0 Å². The quantitative estimate of drug-likeness (QED) is 0.754. The number of hydrogen-bond acceptors (Lipinski definition) is 5. The van der Waals surface area contributed by atoms with Crippen molar-refractivity contribution in [1.29, 1.82) is 0 Å². The maximum absolute atomic E-state index is 10.3. The molecule has 0 aromatic heterocycles. The van der Waals surface area contributed by atoms with Gasteiger partial charge in [0.15, 0.2) is 0 Å². The van der Waals surface area contributed by atoms with Crippen molar-refractivity contribution < 1.29 is 24.4 Å².